The van der Waals surface area contributed by atoms with Gasteiger partial charge in [0.2, 0.25) is 0 Å². The summed E-state index contributed by atoms with van der Waals surface area (Å²) in [4.78, 5) is 2.22. The molecule has 0 radical (unpaired) electrons. The molecular formula is C15H24N2. The molecule has 0 aliphatic heterocycles. The molecule has 1 aromatic carbocycles. The van der Waals surface area contributed by atoms with Gasteiger partial charge in [-0.15, -0.1) is 0 Å². The maximum atomic E-state index is 3.55. The van der Waals surface area contributed by atoms with E-state index in [1.54, 1.807) is 0 Å². The minimum absolute atomic E-state index is 0.535. The predicted molar refractivity (Wildman–Crippen MR) is 73.3 cm³/mol. The lowest BCUT2D eigenvalue weighted by atomic mass is 10.1. The molecule has 1 atom stereocenters. The molecule has 1 aliphatic carbocycles. The zero-order valence-corrected chi connectivity index (χ0v) is 11.2. The summed E-state index contributed by atoms with van der Waals surface area (Å²) in [6.45, 7) is 4.29. The molecule has 0 aromatic heterocycles. The van der Waals surface area contributed by atoms with Gasteiger partial charge in [-0.2, -0.15) is 0 Å². The van der Waals surface area contributed by atoms with E-state index in [-0.39, 0.29) is 0 Å². The Hall–Kier alpha value is -0.860. The zero-order chi connectivity index (χ0) is 12.3. The Morgan fingerprint density at radius 2 is 1.88 bits per heavy atom. The molecule has 2 rings (SSSR count). The molecule has 1 N–H and O–H groups in total. The normalized spacial score (nSPS) is 17.4. The standard InChI is InChI=1S/C15H24N2/c1-12(11-17(2)3)16-10-13-4-6-14(7-5-13)15-8-9-15/h4-7,12,15-16H,8-11H2,1-3H3. The van der Waals surface area contributed by atoms with E-state index in [4.69, 9.17) is 0 Å². The first kappa shape index (κ1) is 12.6. The molecule has 0 amide bonds. The summed E-state index contributed by atoms with van der Waals surface area (Å²) in [5.74, 6) is 0.865. The predicted octanol–water partition coefficient (Wildman–Crippen LogP) is 2.60. The van der Waals surface area contributed by atoms with E-state index in [0.29, 0.717) is 6.04 Å². The van der Waals surface area contributed by atoms with Gasteiger partial charge < -0.3 is 10.2 Å². The van der Waals surface area contributed by atoms with Gasteiger partial charge in [0.05, 0.1) is 0 Å². The topological polar surface area (TPSA) is 15.3 Å². The highest BCUT2D eigenvalue weighted by atomic mass is 15.1. The second kappa shape index (κ2) is 5.65. The molecule has 1 aliphatic rings. The molecule has 1 unspecified atom stereocenters. The highest BCUT2D eigenvalue weighted by molar-refractivity contribution is 5.27. The third kappa shape index (κ3) is 4.14. The van der Waals surface area contributed by atoms with Crippen LogP contribution in [0.3, 0.4) is 0 Å². The highest BCUT2D eigenvalue weighted by Gasteiger charge is 2.22. The Bertz CT molecular complexity index is 338. The smallest absolute Gasteiger partial charge is 0.0208 e. The number of rotatable bonds is 6. The lowest BCUT2D eigenvalue weighted by Crippen LogP contribution is -2.35. The van der Waals surface area contributed by atoms with Crippen LogP contribution in [-0.4, -0.2) is 31.6 Å². The van der Waals surface area contributed by atoms with E-state index in [2.05, 4.69) is 55.5 Å². The van der Waals surface area contributed by atoms with Gasteiger partial charge in [0.15, 0.2) is 0 Å². The first-order valence-corrected chi connectivity index (χ1v) is 6.62. The van der Waals surface area contributed by atoms with E-state index in [0.717, 1.165) is 19.0 Å². The van der Waals surface area contributed by atoms with Crippen molar-refractivity contribution in [3.05, 3.63) is 35.4 Å². The van der Waals surface area contributed by atoms with Gasteiger partial charge in [0.1, 0.15) is 0 Å². The maximum absolute atomic E-state index is 3.55. The molecule has 94 valence electrons. The summed E-state index contributed by atoms with van der Waals surface area (Å²) >= 11 is 0. The van der Waals surface area contributed by atoms with Crippen LogP contribution in [0.4, 0.5) is 0 Å². The fraction of sp³-hybridized carbons (Fsp3) is 0.600. The second-order valence-corrected chi connectivity index (χ2v) is 5.56. The minimum Gasteiger partial charge on any atom is -0.309 e. The van der Waals surface area contributed by atoms with Gasteiger partial charge in [-0.25, -0.2) is 0 Å². The fourth-order valence-corrected chi connectivity index (χ4v) is 2.23. The van der Waals surface area contributed by atoms with Crippen LogP contribution in [0, 0.1) is 0 Å². The second-order valence-electron chi connectivity index (χ2n) is 5.56. The molecule has 0 bridgehead atoms. The van der Waals surface area contributed by atoms with E-state index in [1.165, 1.54) is 24.0 Å². The quantitative estimate of drug-likeness (QED) is 0.811. The summed E-state index contributed by atoms with van der Waals surface area (Å²) in [5.41, 5.74) is 2.91. The monoisotopic (exact) mass is 232 g/mol. The van der Waals surface area contributed by atoms with Crippen molar-refractivity contribution in [3.63, 3.8) is 0 Å². The number of benzene rings is 1. The third-order valence-electron chi connectivity index (χ3n) is 3.32. The van der Waals surface area contributed by atoms with Crippen LogP contribution in [-0.2, 0) is 6.54 Å². The minimum atomic E-state index is 0.535. The van der Waals surface area contributed by atoms with E-state index < -0.39 is 0 Å². The van der Waals surface area contributed by atoms with Crippen LogP contribution in [0.5, 0.6) is 0 Å². The van der Waals surface area contributed by atoms with E-state index >= 15 is 0 Å². The van der Waals surface area contributed by atoms with Gasteiger partial charge in [-0.05, 0) is 50.9 Å². The average Bonchev–Trinajstić information content (AvgIpc) is 3.10. The van der Waals surface area contributed by atoms with Crippen molar-refractivity contribution in [1.82, 2.24) is 10.2 Å². The number of likely N-dealkylation sites (N-methyl/N-ethyl adjacent to an activating group) is 1. The van der Waals surface area contributed by atoms with E-state index in [9.17, 15) is 0 Å². The number of nitrogens with one attached hydrogen (secondary N) is 1. The van der Waals surface area contributed by atoms with Crippen molar-refractivity contribution in [2.45, 2.75) is 38.3 Å². The lowest BCUT2D eigenvalue weighted by molar-refractivity contribution is 0.349. The van der Waals surface area contributed by atoms with Crippen LogP contribution in [0.15, 0.2) is 24.3 Å². The van der Waals surface area contributed by atoms with Crippen LogP contribution in [0.2, 0.25) is 0 Å². The van der Waals surface area contributed by atoms with Crippen LogP contribution >= 0.6 is 0 Å². The fourth-order valence-electron chi connectivity index (χ4n) is 2.23. The number of nitrogens with zero attached hydrogens (tertiary/aromatic N) is 1. The van der Waals surface area contributed by atoms with Crippen molar-refractivity contribution >= 4 is 0 Å². The molecule has 1 aromatic rings. The Morgan fingerprint density at radius 3 is 2.41 bits per heavy atom. The Kier molecular flexibility index (Phi) is 4.19. The summed E-state index contributed by atoms with van der Waals surface area (Å²) in [7, 11) is 4.23. The first-order chi connectivity index (χ1) is 8.15. The zero-order valence-electron chi connectivity index (χ0n) is 11.2. The third-order valence-corrected chi connectivity index (χ3v) is 3.32. The number of hydrogen-bond acceptors (Lipinski definition) is 2. The van der Waals surface area contributed by atoms with E-state index in [1.807, 2.05) is 0 Å². The average molecular weight is 232 g/mol. The van der Waals surface area contributed by atoms with Crippen molar-refractivity contribution in [2.75, 3.05) is 20.6 Å². The highest BCUT2D eigenvalue weighted by Crippen LogP contribution is 2.39. The van der Waals surface area contributed by atoms with Crippen LogP contribution < -0.4 is 5.32 Å². The Balaban J connectivity index is 1.78. The van der Waals surface area contributed by atoms with Gasteiger partial charge in [-0.1, -0.05) is 24.3 Å². The van der Waals surface area contributed by atoms with Crippen molar-refractivity contribution in [3.8, 4) is 0 Å². The first-order valence-electron chi connectivity index (χ1n) is 6.62. The maximum Gasteiger partial charge on any atom is 0.0208 e. The molecule has 2 heteroatoms. The van der Waals surface area contributed by atoms with Crippen molar-refractivity contribution < 1.29 is 0 Å². The molecule has 1 fully saturated rings. The van der Waals surface area contributed by atoms with Gasteiger partial charge in [0.25, 0.3) is 0 Å². The molecule has 0 spiro atoms. The molecule has 0 saturated heterocycles. The summed E-state index contributed by atoms with van der Waals surface area (Å²) < 4.78 is 0. The summed E-state index contributed by atoms with van der Waals surface area (Å²) in [6, 6.07) is 9.66. The molecule has 2 nitrogen and oxygen atoms in total. The van der Waals surface area contributed by atoms with Crippen LogP contribution in [0.1, 0.15) is 36.8 Å². The van der Waals surface area contributed by atoms with Crippen LogP contribution in [0.25, 0.3) is 0 Å². The molecular weight excluding hydrogens is 208 g/mol. The van der Waals surface area contributed by atoms with Gasteiger partial charge >= 0.3 is 0 Å². The van der Waals surface area contributed by atoms with Gasteiger partial charge in [-0.3, -0.25) is 0 Å². The number of hydrogen-bond donors (Lipinski definition) is 1. The molecule has 17 heavy (non-hydrogen) atoms. The van der Waals surface area contributed by atoms with Crippen molar-refractivity contribution in [2.24, 2.45) is 0 Å². The van der Waals surface area contributed by atoms with Crippen molar-refractivity contribution in [1.29, 1.82) is 0 Å². The SMILES string of the molecule is CC(CN(C)C)NCc1ccc(C2CC2)cc1. The lowest BCUT2D eigenvalue weighted by Gasteiger charge is -2.18. The summed E-state index contributed by atoms with van der Waals surface area (Å²) in [5, 5.41) is 3.55. The molecule has 0 heterocycles. The summed E-state index contributed by atoms with van der Waals surface area (Å²) in [6.07, 6.45) is 2.77. The largest absolute Gasteiger partial charge is 0.309 e. The van der Waals surface area contributed by atoms with Gasteiger partial charge in [0, 0.05) is 19.1 Å². The Morgan fingerprint density at radius 1 is 1.24 bits per heavy atom. The molecule has 1 saturated carbocycles. The Labute approximate surface area is 105 Å².